The minimum absolute atomic E-state index is 0.607. The SMILES string of the molecule is Cc1cccc(CNc2cc(C#N)ccc2N)c1. The number of rotatable bonds is 3. The van der Waals surface area contributed by atoms with Crippen molar-refractivity contribution in [2.24, 2.45) is 0 Å². The summed E-state index contributed by atoms with van der Waals surface area (Å²) in [6, 6.07) is 15.6. The molecule has 0 saturated heterocycles. The van der Waals surface area contributed by atoms with Crippen molar-refractivity contribution in [2.45, 2.75) is 13.5 Å². The number of benzene rings is 2. The minimum Gasteiger partial charge on any atom is -0.397 e. The van der Waals surface area contributed by atoms with Gasteiger partial charge in [-0.1, -0.05) is 29.8 Å². The minimum atomic E-state index is 0.607. The first-order valence-electron chi connectivity index (χ1n) is 5.78. The molecule has 0 aliphatic carbocycles. The second-order valence-electron chi connectivity index (χ2n) is 4.26. The van der Waals surface area contributed by atoms with E-state index in [0.717, 1.165) is 5.69 Å². The molecule has 0 spiro atoms. The van der Waals surface area contributed by atoms with E-state index in [1.807, 2.05) is 6.07 Å². The van der Waals surface area contributed by atoms with E-state index in [1.165, 1.54) is 11.1 Å². The van der Waals surface area contributed by atoms with E-state index in [1.54, 1.807) is 18.2 Å². The van der Waals surface area contributed by atoms with Gasteiger partial charge in [0.25, 0.3) is 0 Å². The van der Waals surface area contributed by atoms with Crippen LogP contribution in [0, 0.1) is 18.3 Å². The van der Waals surface area contributed by atoms with Gasteiger partial charge in [0.05, 0.1) is 23.0 Å². The maximum Gasteiger partial charge on any atom is 0.0992 e. The Hall–Kier alpha value is -2.47. The molecular weight excluding hydrogens is 222 g/mol. The Morgan fingerprint density at radius 1 is 1.22 bits per heavy atom. The van der Waals surface area contributed by atoms with Crippen molar-refractivity contribution in [1.82, 2.24) is 0 Å². The van der Waals surface area contributed by atoms with Crippen LogP contribution < -0.4 is 11.1 Å². The number of nitrogens with zero attached hydrogens (tertiary/aromatic N) is 1. The highest BCUT2D eigenvalue weighted by molar-refractivity contribution is 5.68. The van der Waals surface area contributed by atoms with Crippen LogP contribution in [0.15, 0.2) is 42.5 Å². The zero-order valence-electron chi connectivity index (χ0n) is 10.3. The third-order valence-electron chi connectivity index (χ3n) is 2.75. The summed E-state index contributed by atoms with van der Waals surface area (Å²) in [5.74, 6) is 0. The Bertz CT molecular complexity index is 597. The largest absolute Gasteiger partial charge is 0.397 e. The van der Waals surface area contributed by atoms with Gasteiger partial charge < -0.3 is 11.1 Å². The van der Waals surface area contributed by atoms with Gasteiger partial charge in [-0.2, -0.15) is 5.26 Å². The molecule has 2 aromatic rings. The van der Waals surface area contributed by atoms with Crippen LogP contribution in [0.5, 0.6) is 0 Å². The smallest absolute Gasteiger partial charge is 0.0992 e. The summed E-state index contributed by atoms with van der Waals surface area (Å²) in [5.41, 5.74) is 10.4. The molecule has 0 bridgehead atoms. The molecule has 0 unspecified atom stereocenters. The lowest BCUT2D eigenvalue weighted by Gasteiger charge is -2.10. The van der Waals surface area contributed by atoms with Crippen molar-refractivity contribution in [3.05, 3.63) is 59.2 Å². The number of nitrogens with one attached hydrogen (secondary N) is 1. The number of nitrogens with two attached hydrogens (primary N) is 1. The maximum atomic E-state index is 8.86. The van der Waals surface area contributed by atoms with Crippen LogP contribution in [0.1, 0.15) is 16.7 Å². The van der Waals surface area contributed by atoms with Crippen molar-refractivity contribution in [3.8, 4) is 6.07 Å². The van der Waals surface area contributed by atoms with Crippen molar-refractivity contribution in [3.63, 3.8) is 0 Å². The Morgan fingerprint density at radius 2 is 2.06 bits per heavy atom. The van der Waals surface area contributed by atoms with Gasteiger partial charge in [0.1, 0.15) is 0 Å². The average Bonchev–Trinajstić information content (AvgIpc) is 2.38. The average molecular weight is 237 g/mol. The molecule has 0 aromatic heterocycles. The lowest BCUT2D eigenvalue weighted by molar-refractivity contribution is 1.14. The van der Waals surface area contributed by atoms with Gasteiger partial charge in [-0.25, -0.2) is 0 Å². The standard InChI is InChI=1S/C15H15N3/c1-11-3-2-4-13(7-11)10-18-15-8-12(9-16)5-6-14(15)17/h2-8,18H,10,17H2,1H3. The lowest BCUT2D eigenvalue weighted by atomic mass is 10.1. The molecular formula is C15H15N3. The van der Waals surface area contributed by atoms with Crippen LogP contribution >= 0.6 is 0 Å². The summed E-state index contributed by atoms with van der Waals surface area (Å²) >= 11 is 0. The van der Waals surface area contributed by atoms with E-state index < -0.39 is 0 Å². The summed E-state index contributed by atoms with van der Waals surface area (Å²) in [4.78, 5) is 0. The highest BCUT2D eigenvalue weighted by Gasteiger charge is 2.01. The number of nitrogen functional groups attached to an aromatic ring is 1. The fraction of sp³-hybridized carbons (Fsp3) is 0.133. The van der Waals surface area contributed by atoms with Crippen LogP contribution in [-0.4, -0.2) is 0 Å². The molecule has 90 valence electrons. The number of hydrogen-bond donors (Lipinski definition) is 2. The molecule has 2 aromatic carbocycles. The molecule has 18 heavy (non-hydrogen) atoms. The van der Waals surface area contributed by atoms with Gasteiger partial charge in [0.15, 0.2) is 0 Å². The van der Waals surface area contributed by atoms with E-state index in [4.69, 9.17) is 11.0 Å². The second kappa shape index (κ2) is 5.24. The summed E-state index contributed by atoms with van der Waals surface area (Å²) in [6.45, 7) is 2.76. The monoisotopic (exact) mass is 237 g/mol. The Labute approximate surface area is 107 Å². The van der Waals surface area contributed by atoms with Crippen LogP contribution in [0.4, 0.5) is 11.4 Å². The zero-order chi connectivity index (χ0) is 13.0. The fourth-order valence-electron chi connectivity index (χ4n) is 1.80. The number of anilines is 2. The summed E-state index contributed by atoms with van der Waals surface area (Å²) in [7, 11) is 0. The molecule has 2 rings (SSSR count). The van der Waals surface area contributed by atoms with Crippen LogP contribution in [0.25, 0.3) is 0 Å². The van der Waals surface area contributed by atoms with E-state index in [0.29, 0.717) is 17.8 Å². The molecule has 3 nitrogen and oxygen atoms in total. The van der Waals surface area contributed by atoms with Gasteiger partial charge in [-0.15, -0.1) is 0 Å². The molecule has 0 aliphatic heterocycles. The van der Waals surface area contributed by atoms with Gasteiger partial charge in [0, 0.05) is 6.54 Å². The first-order chi connectivity index (χ1) is 8.69. The molecule has 0 radical (unpaired) electrons. The summed E-state index contributed by atoms with van der Waals surface area (Å²) in [6.07, 6.45) is 0. The Morgan fingerprint density at radius 3 is 2.78 bits per heavy atom. The van der Waals surface area contributed by atoms with E-state index in [9.17, 15) is 0 Å². The molecule has 3 N–H and O–H groups in total. The molecule has 0 amide bonds. The van der Waals surface area contributed by atoms with Crippen molar-refractivity contribution >= 4 is 11.4 Å². The molecule has 0 heterocycles. The highest BCUT2D eigenvalue weighted by atomic mass is 14.9. The number of aryl methyl sites for hydroxylation is 1. The number of nitriles is 1. The van der Waals surface area contributed by atoms with Crippen LogP contribution in [0.2, 0.25) is 0 Å². The normalized spacial score (nSPS) is 9.78. The molecule has 0 aliphatic rings. The first-order valence-corrected chi connectivity index (χ1v) is 5.78. The quantitative estimate of drug-likeness (QED) is 0.806. The van der Waals surface area contributed by atoms with Crippen molar-refractivity contribution in [1.29, 1.82) is 5.26 Å². The third-order valence-corrected chi connectivity index (χ3v) is 2.75. The first kappa shape index (κ1) is 12.0. The van der Waals surface area contributed by atoms with E-state index in [-0.39, 0.29) is 0 Å². The molecule has 0 saturated carbocycles. The van der Waals surface area contributed by atoms with Crippen LogP contribution in [0.3, 0.4) is 0 Å². The fourth-order valence-corrected chi connectivity index (χ4v) is 1.80. The maximum absolute atomic E-state index is 8.86. The zero-order valence-corrected chi connectivity index (χ0v) is 10.3. The van der Waals surface area contributed by atoms with Crippen LogP contribution in [-0.2, 0) is 6.54 Å². The highest BCUT2D eigenvalue weighted by Crippen LogP contribution is 2.20. The Kier molecular flexibility index (Phi) is 3.49. The predicted octanol–water partition coefficient (Wildman–Crippen LogP) is 3.06. The van der Waals surface area contributed by atoms with Crippen molar-refractivity contribution < 1.29 is 0 Å². The van der Waals surface area contributed by atoms with E-state index >= 15 is 0 Å². The Balaban J connectivity index is 2.13. The predicted molar refractivity (Wildman–Crippen MR) is 74.1 cm³/mol. The summed E-state index contributed by atoms with van der Waals surface area (Å²) in [5, 5.41) is 12.1. The van der Waals surface area contributed by atoms with Crippen molar-refractivity contribution in [2.75, 3.05) is 11.1 Å². The van der Waals surface area contributed by atoms with Gasteiger partial charge in [0.2, 0.25) is 0 Å². The van der Waals surface area contributed by atoms with E-state index in [2.05, 4.69) is 36.5 Å². The second-order valence-corrected chi connectivity index (χ2v) is 4.26. The summed E-state index contributed by atoms with van der Waals surface area (Å²) < 4.78 is 0. The molecule has 0 atom stereocenters. The van der Waals surface area contributed by atoms with Gasteiger partial charge in [-0.3, -0.25) is 0 Å². The van der Waals surface area contributed by atoms with Gasteiger partial charge in [-0.05, 0) is 30.7 Å². The van der Waals surface area contributed by atoms with Gasteiger partial charge >= 0.3 is 0 Å². The lowest BCUT2D eigenvalue weighted by Crippen LogP contribution is -2.03. The molecule has 3 heteroatoms. The molecule has 0 fully saturated rings. The number of hydrogen-bond acceptors (Lipinski definition) is 3. The third kappa shape index (κ3) is 2.80. The topological polar surface area (TPSA) is 61.8 Å².